The standard InChI is InChI=1S/C9H17ClN2O/c1-5-9(13)11-8(10)6-7-12(2,3)4/h5,8H,1,6-7H2,2-4H3/p+1. The molecule has 13 heavy (non-hydrogen) atoms. The molecule has 0 bridgehead atoms. The molecular formula is C9H18ClN2O+. The molecule has 0 spiro atoms. The minimum Gasteiger partial charge on any atom is -0.336 e. The summed E-state index contributed by atoms with van der Waals surface area (Å²) in [5, 5.41) is 2.60. The number of rotatable bonds is 5. The van der Waals surface area contributed by atoms with Crippen LogP contribution in [-0.2, 0) is 4.79 Å². The zero-order valence-corrected chi connectivity index (χ0v) is 9.27. The molecule has 1 unspecified atom stereocenters. The summed E-state index contributed by atoms with van der Waals surface area (Å²) in [4.78, 5) is 10.8. The van der Waals surface area contributed by atoms with Crippen molar-refractivity contribution >= 4 is 17.5 Å². The molecule has 76 valence electrons. The van der Waals surface area contributed by atoms with Gasteiger partial charge in [-0.2, -0.15) is 0 Å². The van der Waals surface area contributed by atoms with Gasteiger partial charge in [0, 0.05) is 6.42 Å². The van der Waals surface area contributed by atoms with Crippen molar-refractivity contribution < 1.29 is 9.28 Å². The Balaban J connectivity index is 3.69. The minimum absolute atomic E-state index is 0.221. The van der Waals surface area contributed by atoms with Crippen LogP contribution >= 0.6 is 11.6 Å². The van der Waals surface area contributed by atoms with Crippen LogP contribution < -0.4 is 5.32 Å². The van der Waals surface area contributed by atoms with Crippen molar-refractivity contribution in [1.29, 1.82) is 0 Å². The Morgan fingerprint density at radius 2 is 2.15 bits per heavy atom. The van der Waals surface area contributed by atoms with Crippen LogP contribution in [0.5, 0.6) is 0 Å². The molecule has 0 radical (unpaired) electrons. The maximum absolute atomic E-state index is 10.8. The zero-order valence-electron chi connectivity index (χ0n) is 8.51. The molecule has 0 heterocycles. The lowest BCUT2D eigenvalue weighted by Crippen LogP contribution is -2.39. The van der Waals surface area contributed by atoms with Crippen LogP contribution in [0.4, 0.5) is 0 Å². The number of halogens is 1. The van der Waals surface area contributed by atoms with E-state index in [-0.39, 0.29) is 11.4 Å². The number of quaternary nitrogens is 1. The molecule has 0 aromatic rings. The SMILES string of the molecule is C=CC(=O)NC(Cl)CC[N+](C)(C)C. The molecule has 0 aliphatic heterocycles. The second-order valence-electron chi connectivity index (χ2n) is 3.98. The first kappa shape index (κ1) is 12.5. The fourth-order valence-corrected chi connectivity index (χ4v) is 0.991. The highest BCUT2D eigenvalue weighted by atomic mass is 35.5. The molecule has 0 aliphatic rings. The fourth-order valence-electron chi connectivity index (χ4n) is 0.786. The second kappa shape index (κ2) is 5.25. The number of nitrogens with zero attached hydrogens (tertiary/aromatic N) is 1. The fraction of sp³-hybridized carbons (Fsp3) is 0.667. The smallest absolute Gasteiger partial charge is 0.244 e. The average Bonchev–Trinajstić information content (AvgIpc) is 1.99. The van der Waals surface area contributed by atoms with Gasteiger partial charge >= 0.3 is 0 Å². The normalized spacial score (nSPS) is 13.5. The van der Waals surface area contributed by atoms with Crippen LogP contribution in [0, 0.1) is 0 Å². The van der Waals surface area contributed by atoms with Crippen LogP contribution in [-0.4, -0.2) is 43.6 Å². The van der Waals surface area contributed by atoms with E-state index in [0.29, 0.717) is 0 Å². The Labute approximate surface area is 85.0 Å². The quantitative estimate of drug-likeness (QED) is 0.308. The molecule has 1 atom stereocenters. The van der Waals surface area contributed by atoms with Gasteiger partial charge in [-0.1, -0.05) is 18.2 Å². The van der Waals surface area contributed by atoms with Gasteiger partial charge in [0.05, 0.1) is 27.7 Å². The van der Waals surface area contributed by atoms with Gasteiger partial charge in [0.2, 0.25) is 5.91 Å². The van der Waals surface area contributed by atoms with E-state index >= 15 is 0 Å². The Morgan fingerprint density at radius 1 is 1.62 bits per heavy atom. The minimum atomic E-state index is -0.303. The molecule has 0 saturated carbocycles. The highest BCUT2D eigenvalue weighted by Crippen LogP contribution is 2.02. The predicted molar refractivity (Wildman–Crippen MR) is 55.5 cm³/mol. The second-order valence-corrected chi connectivity index (χ2v) is 4.51. The van der Waals surface area contributed by atoms with Crippen molar-refractivity contribution in [2.45, 2.75) is 11.9 Å². The van der Waals surface area contributed by atoms with Crippen molar-refractivity contribution in [3.8, 4) is 0 Å². The largest absolute Gasteiger partial charge is 0.336 e. The van der Waals surface area contributed by atoms with E-state index in [9.17, 15) is 4.79 Å². The monoisotopic (exact) mass is 205 g/mol. The first-order valence-corrected chi connectivity index (χ1v) is 4.66. The lowest BCUT2D eigenvalue weighted by molar-refractivity contribution is -0.870. The molecule has 4 heteroatoms. The van der Waals surface area contributed by atoms with Gasteiger partial charge in [-0.05, 0) is 6.08 Å². The number of amides is 1. The average molecular weight is 206 g/mol. The van der Waals surface area contributed by atoms with Crippen molar-refractivity contribution in [2.24, 2.45) is 0 Å². The Kier molecular flexibility index (Phi) is 5.03. The van der Waals surface area contributed by atoms with E-state index in [1.54, 1.807) is 0 Å². The summed E-state index contributed by atoms with van der Waals surface area (Å²) in [5.41, 5.74) is -0.303. The summed E-state index contributed by atoms with van der Waals surface area (Å²) in [5.74, 6) is -0.221. The van der Waals surface area contributed by atoms with Gasteiger partial charge in [-0.15, -0.1) is 0 Å². The third-order valence-corrected chi connectivity index (χ3v) is 1.86. The Bertz CT molecular complexity index is 187. The van der Waals surface area contributed by atoms with E-state index in [0.717, 1.165) is 17.4 Å². The number of hydrogen-bond acceptors (Lipinski definition) is 1. The first-order valence-electron chi connectivity index (χ1n) is 4.22. The van der Waals surface area contributed by atoms with Gasteiger partial charge in [0.15, 0.2) is 0 Å². The number of nitrogens with one attached hydrogen (secondary N) is 1. The molecule has 3 nitrogen and oxygen atoms in total. The summed E-state index contributed by atoms with van der Waals surface area (Å²) in [7, 11) is 6.25. The molecule has 0 aromatic heterocycles. The van der Waals surface area contributed by atoms with Crippen LogP contribution in [0.3, 0.4) is 0 Å². The van der Waals surface area contributed by atoms with Crippen LogP contribution in [0.15, 0.2) is 12.7 Å². The molecule has 1 N–H and O–H groups in total. The molecule has 0 saturated heterocycles. The molecule has 0 fully saturated rings. The Hall–Kier alpha value is -0.540. The highest BCUT2D eigenvalue weighted by molar-refractivity contribution is 6.21. The maximum Gasteiger partial charge on any atom is 0.244 e. The van der Waals surface area contributed by atoms with Crippen LogP contribution in [0.25, 0.3) is 0 Å². The van der Waals surface area contributed by atoms with E-state index in [2.05, 4.69) is 33.0 Å². The lowest BCUT2D eigenvalue weighted by atomic mass is 10.3. The van der Waals surface area contributed by atoms with Gasteiger partial charge < -0.3 is 9.80 Å². The molecular weight excluding hydrogens is 188 g/mol. The van der Waals surface area contributed by atoms with E-state index < -0.39 is 0 Å². The highest BCUT2D eigenvalue weighted by Gasteiger charge is 2.12. The Morgan fingerprint density at radius 3 is 2.54 bits per heavy atom. The number of hydrogen-bond donors (Lipinski definition) is 1. The number of carbonyl (C=O) groups is 1. The summed E-state index contributed by atoms with van der Waals surface area (Å²) in [6, 6.07) is 0. The lowest BCUT2D eigenvalue weighted by Gasteiger charge is -2.25. The van der Waals surface area contributed by atoms with Gasteiger partial charge in [0.25, 0.3) is 0 Å². The van der Waals surface area contributed by atoms with Gasteiger partial charge in [-0.25, -0.2) is 0 Å². The summed E-state index contributed by atoms with van der Waals surface area (Å²) < 4.78 is 0.840. The van der Waals surface area contributed by atoms with Crippen molar-refractivity contribution in [1.82, 2.24) is 5.32 Å². The van der Waals surface area contributed by atoms with Crippen molar-refractivity contribution in [2.75, 3.05) is 27.7 Å². The van der Waals surface area contributed by atoms with Gasteiger partial charge in [-0.3, -0.25) is 4.79 Å². The summed E-state index contributed by atoms with van der Waals surface area (Å²) in [6.45, 7) is 4.27. The first-order chi connectivity index (χ1) is 5.85. The topological polar surface area (TPSA) is 29.1 Å². The summed E-state index contributed by atoms with van der Waals surface area (Å²) in [6.07, 6.45) is 1.98. The molecule has 1 amide bonds. The predicted octanol–water partition coefficient (Wildman–Crippen LogP) is 0.950. The van der Waals surface area contributed by atoms with Crippen LogP contribution in [0.1, 0.15) is 6.42 Å². The number of carbonyl (C=O) groups excluding carboxylic acids is 1. The summed E-state index contributed by atoms with van der Waals surface area (Å²) >= 11 is 5.87. The van der Waals surface area contributed by atoms with Crippen molar-refractivity contribution in [3.63, 3.8) is 0 Å². The molecule has 0 rings (SSSR count). The van der Waals surface area contributed by atoms with Gasteiger partial charge in [0.1, 0.15) is 5.50 Å². The molecule has 0 aromatic carbocycles. The van der Waals surface area contributed by atoms with E-state index in [1.165, 1.54) is 6.08 Å². The zero-order chi connectivity index (χ0) is 10.5. The van der Waals surface area contributed by atoms with Crippen LogP contribution in [0.2, 0.25) is 0 Å². The van der Waals surface area contributed by atoms with Crippen molar-refractivity contribution in [3.05, 3.63) is 12.7 Å². The van der Waals surface area contributed by atoms with E-state index in [4.69, 9.17) is 11.6 Å². The maximum atomic E-state index is 10.8. The third-order valence-electron chi connectivity index (χ3n) is 1.54. The number of alkyl halides is 1. The van der Waals surface area contributed by atoms with E-state index in [1.807, 2.05) is 0 Å². The third kappa shape index (κ3) is 7.81. The molecule has 0 aliphatic carbocycles.